The van der Waals surface area contributed by atoms with Crippen LogP contribution >= 0.6 is 0 Å². The topological polar surface area (TPSA) is 122 Å². The lowest BCUT2D eigenvalue weighted by Gasteiger charge is -2.20. The highest BCUT2D eigenvalue weighted by molar-refractivity contribution is 5.87. The first kappa shape index (κ1) is 14.2. The molecule has 0 aliphatic rings. The zero-order valence-electron chi connectivity index (χ0n) is 12.5. The number of nitrogens with one attached hydrogen (secondary N) is 3. The summed E-state index contributed by atoms with van der Waals surface area (Å²) in [4.78, 5) is 29.8. The first-order chi connectivity index (χ1) is 11.7. The van der Waals surface area contributed by atoms with Crippen molar-refractivity contribution >= 4 is 33.9 Å². The molecular weight excluding hydrogens is 308 g/mol. The Bertz CT molecular complexity index is 1020. The molecule has 0 unspecified atom stereocenters. The normalized spacial score (nSPS) is 12.5. The van der Waals surface area contributed by atoms with Crippen LogP contribution in [0.5, 0.6) is 0 Å². The standard InChI is InChI=1S/C16H14N6O2/c23-16(24)12(5-9-6-17-11-4-2-1-3-10(9)11)22-15-13-14(19-7-18-13)20-8-21-15/h1-4,6-8,12,17H,5H2,(H,23,24)(H2,18,19,20,21,22)/p-1/t12-/m0/s1. The average Bonchev–Trinajstić information content (AvgIpc) is 3.21. The van der Waals surface area contributed by atoms with Crippen LogP contribution in [0.2, 0.25) is 0 Å². The molecule has 3 N–H and O–H groups in total. The van der Waals surface area contributed by atoms with Gasteiger partial charge in [-0.3, -0.25) is 0 Å². The van der Waals surface area contributed by atoms with Gasteiger partial charge in [-0.2, -0.15) is 0 Å². The van der Waals surface area contributed by atoms with E-state index < -0.39 is 12.0 Å². The summed E-state index contributed by atoms with van der Waals surface area (Å²) in [5.74, 6) is -0.821. The maximum absolute atomic E-state index is 11.6. The third-order valence-corrected chi connectivity index (χ3v) is 3.92. The van der Waals surface area contributed by atoms with Gasteiger partial charge in [0.15, 0.2) is 11.5 Å². The molecule has 0 amide bonds. The zero-order valence-corrected chi connectivity index (χ0v) is 12.5. The quantitative estimate of drug-likeness (QED) is 0.495. The second-order valence-electron chi connectivity index (χ2n) is 5.40. The van der Waals surface area contributed by atoms with E-state index in [0.29, 0.717) is 17.0 Å². The zero-order chi connectivity index (χ0) is 16.5. The number of imidazole rings is 1. The van der Waals surface area contributed by atoms with Gasteiger partial charge < -0.3 is 25.2 Å². The molecule has 120 valence electrons. The van der Waals surface area contributed by atoms with Crippen LogP contribution in [-0.4, -0.2) is 36.9 Å². The molecular formula is C16H13N6O2-. The summed E-state index contributed by atoms with van der Waals surface area (Å²) in [6.45, 7) is 0. The van der Waals surface area contributed by atoms with E-state index in [0.717, 1.165) is 16.5 Å². The van der Waals surface area contributed by atoms with Crippen molar-refractivity contribution in [2.75, 3.05) is 5.32 Å². The van der Waals surface area contributed by atoms with Crippen molar-refractivity contribution in [2.45, 2.75) is 12.5 Å². The van der Waals surface area contributed by atoms with Crippen molar-refractivity contribution in [3.8, 4) is 0 Å². The van der Waals surface area contributed by atoms with E-state index in [2.05, 4.69) is 30.2 Å². The van der Waals surface area contributed by atoms with Crippen LogP contribution in [0.4, 0.5) is 5.82 Å². The van der Waals surface area contributed by atoms with Crippen molar-refractivity contribution in [1.29, 1.82) is 0 Å². The van der Waals surface area contributed by atoms with E-state index in [4.69, 9.17) is 0 Å². The third kappa shape index (κ3) is 2.43. The molecule has 0 saturated heterocycles. The molecule has 8 nitrogen and oxygen atoms in total. The lowest BCUT2D eigenvalue weighted by molar-refractivity contribution is -0.306. The Labute approximate surface area is 136 Å². The van der Waals surface area contributed by atoms with Gasteiger partial charge in [0.1, 0.15) is 11.8 Å². The van der Waals surface area contributed by atoms with E-state index in [-0.39, 0.29) is 6.42 Å². The average molecular weight is 321 g/mol. The lowest BCUT2D eigenvalue weighted by atomic mass is 10.1. The summed E-state index contributed by atoms with van der Waals surface area (Å²) in [7, 11) is 0. The number of para-hydroxylation sites is 1. The smallest absolute Gasteiger partial charge is 0.182 e. The number of carbonyl (C=O) groups excluding carboxylic acids is 1. The maximum atomic E-state index is 11.6. The van der Waals surface area contributed by atoms with Gasteiger partial charge in [0.25, 0.3) is 0 Å². The number of fused-ring (bicyclic) bond motifs is 2. The number of hydrogen-bond acceptors (Lipinski definition) is 6. The highest BCUT2D eigenvalue weighted by atomic mass is 16.4. The van der Waals surface area contributed by atoms with Crippen LogP contribution in [-0.2, 0) is 11.2 Å². The predicted octanol–water partition coefficient (Wildman–Crippen LogP) is 0.607. The molecule has 0 fully saturated rings. The Morgan fingerprint density at radius 1 is 1.21 bits per heavy atom. The third-order valence-electron chi connectivity index (χ3n) is 3.92. The number of hydrogen-bond donors (Lipinski definition) is 3. The van der Waals surface area contributed by atoms with Crippen molar-refractivity contribution in [1.82, 2.24) is 24.9 Å². The number of aromatic nitrogens is 5. The van der Waals surface area contributed by atoms with E-state index in [1.54, 1.807) is 0 Å². The fourth-order valence-electron chi connectivity index (χ4n) is 2.75. The van der Waals surface area contributed by atoms with Gasteiger partial charge in [-0.05, 0) is 11.6 Å². The van der Waals surface area contributed by atoms with E-state index in [9.17, 15) is 9.90 Å². The van der Waals surface area contributed by atoms with Gasteiger partial charge in [0.05, 0.1) is 18.3 Å². The molecule has 0 bridgehead atoms. The molecule has 0 aliphatic carbocycles. The Morgan fingerprint density at radius 2 is 2.08 bits per heavy atom. The van der Waals surface area contributed by atoms with Gasteiger partial charge in [-0.1, -0.05) is 18.2 Å². The number of carbonyl (C=O) groups is 1. The minimum Gasteiger partial charge on any atom is -0.548 e. The molecule has 0 aliphatic heterocycles. The summed E-state index contributed by atoms with van der Waals surface area (Å²) in [6, 6.07) is 6.79. The van der Waals surface area contributed by atoms with Crippen LogP contribution in [0.1, 0.15) is 5.56 Å². The number of aromatic amines is 2. The molecule has 4 rings (SSSR count). The van der Waals surface area contributed by atoms with Crippen molar-refractivity contribution in [3.63, 3.8) is 0 Å². The van der Waals surface area contributed by atoms with Crippen LogP contribution < -0.4 is 10.4 Å². The molecule has 3 aromatic heterocycles. The van der Waals surface area contributed by atoms with E-state index in [1.807, 2.05) is 30.5 Å². The first-order valence-electron chi connectivity index (χ1n) is 7.39. The molecule has 3 heterocycles. The molecule has 8 heteroatoms. The maximum Gasteiger partial charge on any atom is 0.182 e. The molecule has 1 atom stereocenters. The van der Waals surface area contributed by atoms with Crippen LogP contribution in [0, 0.1) is 0 Å². The molecule has 0 radical (unpaired) electrons. The molecule has 0 saturated carbocycles. The van der Waals surface area contributed by atoms with Gasteiger partial charge in [-0.25, -0.2) is 15.0 Å². The summed E-state index contributed by atoms with van der Waals surface area (Å²) in [5.41, 5.74) is 2.88. The van der Waals surface area contributed by atoms with Gasteiger partial charge >= 0.3 is 0 Å². The Hall–Kier alpha value is -3.42. The Balaban J connectivity index is 1.65. The number of aliphatic carboxylic acids is 1. The predicted molar refractivity (Wildman–Crippen MR) is 86.1 cm³/mol. The van der Waals surface area contributed by atoms with E-state index >= 15 is 0 Å². The van der Waals surface area contributed by atoms with Crippen molar-refractivity contribution in [3.05, 3.63) is 48.7 Å². The molecule has 1 aromatic carbocycles. The number of carboxylic acid groups (broad SMARTS) is 1. The van der Waals surface area contributed by atoms with Gasteiger partial charge in [0.2, 0.25) is 0 Å². The molecule has 0 spiro atoms. The van der Waals surface area contributed by atoms with Crippen LogP contribution in [0.25, 0.3) is 22.1 Å². The second kappa shape index (κ2) is 5.65. The highest BCUT2D eigenvalue weighted by Gasteiger charge is 2.16. The fraction of sp³-hybridized carbons (Fsp3) is 0.125. The SMILES string of the molecule is O=C([O-])[C@H](Cc1c[nH]c2ccccc12)Nc1ncnc2nc[nH]c12. The van der Waals surface area contributed by atoms with Crippen molar-refractivity contribution in [2.24, 2.45) is 0 Å². The summed E-state index contributed by atoms with van der Waals surface area (Å²) in [5, 5.41) is 15.5. The van der Waals surface area contributed by atoms with Crippen LogP contribution in [0.3, 0.4) is 0 Å². The number of carboxylic acids is 1. The monoisotopic (exact) mass is 321 g/mol. The Kier molecular flexibility index (Phi) is 3.34. The van der Waals surface area contributed by atoms with Crippen LogP contribution in [0.15, 0.2) is 43.1 Å². The number of benzene rings is 1. The minimum absolute atomic E-state index is 0.256. The number of nitrogens with zero attached hydrogens (tertiary/aromatic N) is 3. The van der Waals surface area contributed by atoms with Gasteiger partial charge in [-0.15, -0.1) is 0 Å². The van der Waals surface area contributed by atoms with E-state index in [1.165, 1.54) is 12.7 Å². The lowest BCUT2D eigenvalue weighted by Crippen LogP contribution is -2.42. The largest absolute Gasteiger partial charge is 0.548 e. The summed E-state index contributed by atoms with van der Waals surface area (Å²) in [6.07, 6.45) is 4.89. The fourth-order valence-corrected chi connectivity index (χ4v) is 2.75. The van der Waals surface area contributed by atoms with Gasteiger partial charge in [0, 0.05) is 23.5 Å². The number of H-pyrrole nitrogens is 2. The minimum atomic E-state index is -1.20. The molecule has 4 aromatic rings. The number of rotatable bonds is 5. The first-order valence-corrected chi connectivity index (χ1v) is 7.39. The molecule has 24 heavy (non-hydrogen) atoms. The summed E-state index contributed by atoms with van der Waals surface area (Å²) >= 11 is 0. The Morgan fingerprint density at radius 3 is 2.96 bits per heavy atom. The second-order valence-corrected chi connectivity index (χ2v) is 5.40. The van der Waals surface area contributed by atoms with Crippen molar-refractivity contribution < 1.29 is 9.90 Å². The highest BCUT2D eigenvalue weighted by Crippen LogP contribution is 2.21. The number of anilines is 1. The summed E-state index contributed by atoms with van der Waals surface area (Å²) < 4.78 is 0.